The third kappa shape index (κ3) is 3.66. The van der Waals surface area contributed by atoms with Crippen LogP contribution in [0.15, 0.2) is 35.7 Å². The van der Waals surface area contributed by atoms with Crippen LogP contribution in [0.4, 0.5) is 5.82 Å². The van der Waals surface area contributed by atoms with Gasteiger partial charge >= 0.3 is 5.97 Å². The van der Waals surface area contributed by atoms with Crippen LogP contribution in [0.5, 0.6) is 0 Å². The molecular weight excluding hydrogens is 370 g/mol. The monoisotopic (exact) mass is 389 g/mol. The fourth-order valence-electron chi connectivity index (χ4n) is 3.35. The summed E-state index contributed by atoms with van der Waals surface area (Å²) in [4.78, 5) is 23.3. The van der Waals surface area contributed by atoms with Gasteiger partial charge in [0, 0.05) is 19.5 Å². The fourth-order valence-corrected chi connectivity index (χ4v) is 4.20. The second-order valence-corrected chi connectivity index (χ2v) is 7.20. The van der Waals surface area contributed by atoms with Crippen LogP contribution < -0.4 is 4.90 Å². The standard InChI is InChI=1S/C19H19N3O2S.ClH/c23-19(24)14-7-3-2-6-13(14)12-16-20-15-8-11-25-17(15)18(21-16)22-9-4-1-5-10-22;/h2-3,6-8,11H,1,4-5,9-10,12H2,(H,23,24);1H. The van der Waals surface area contributed by atoms with Crippen LogP contribution in [0.3, 0.4) is 0 Å². The van der Waals surface area contributed by atoms with Crippen LogP contribution in [0.2, 0.25) is 0 Å². The van der Waals surface area contributed by atoms with Crippen molar-refractivity contribution >= 4 is 45.7 Å². The number of aromatic carboxylic acids is 1. The first-order valence-electron chi connectivity index (χ1n) is 8.52. The summed E-state index contributed by atoms with van der Waals surface area (Å²) >= 11 is 1.67. The Balaban J connectivity index is 0.00000196. The van der Waals surface area contributed by atoms with Gasteiger partial charge in [0.1, 0.15) is 11.6 Å². The summed E-state index contributed by atoms with van der Waals surface area (Å²) in [6, 6.07) is 9.09. The average molecular weight is 390 g/mol. The molecule has 0 spiro atoms. The van der Waals surface area contributed by atoms with Gasteiger partial charge in [-0.3, -0.25) is 0 Å². The van der Waals surface area contributed by atoms with E-state index < -0.39 is 5.97 Å². The third-order valence-electron chi connectivity index (χ3n) is 4.58. The van der Waals surface area contributed by atoms with Gasteiger partial charge in [-0.05, 0) is 42.3 Å². The lowest BCUT2D eigenvalue weighted by molar-refractivity contribution is 0.0696. The summed E-state index contributed by atoms with van der Waals surface area (Å²) in [5.41, 5.74) is 2.01. The maximum absolute atomic E-state index is 11.4. The number of hydrogen-bond acceptors (Lipinski definition) is 5. The molecule has 2 aromatic heterocycles. The molecule has 136 valence electrons. The van der Waals surface area contributed by atoms with E-state index in [0.717, 1.165) is 34.7 Å². The quantitative estimate of drug-likeness (QED) is 0.716. The van der Waals surface area contributed by atoms with Crippen LogP contribution in [0, 0.1) is 0 Å². The second kappa shape index (κ2) is 8.01. The fraction of sp³-hybridized carbons (Fsp3) is 0.316. The van der Waals surface area contributed by atoms with E-state index in [2.05, 4.69) is 9.88 Å². The van der Waals surface area contributed by atoms with E-state index in [4.69, 9.17) is 4.98 Å². The number of nitrogens with zero attached hydrogens (tertiary/aromatic N) is 3. The predicted octanol–water partition coefficient (Wildman–Crippen LogP) is 4.39. The zero-order valence-electron chi connectivity index (χ0n) is 14.2. The Bertz CT molecular complexity index is 922. The van der Waals surface area contributed by atoms with Crippen molar-refractivity contribution in [2.45, 2.75) is 25.7 Å². The number of piperidine rings is 1. The van der Waals surface area contributed by atoms with Gasteiger partial charge in [-0.25, -0.2) is 14.8 Å². The van der Waals surface area contributed by atoms with Gasteiger partial charge in [0.2, 0.25) is 0 Å². The lowest BCUT2D eigenvalue weighted by Crippen LogP contribution is -2.30. The van der Waals surface area contributed by atoms with Crippen molar-refractivity contribution in [2.75, 3.05) is 18.0 Å². The average Bonchev–Trinajstić information content (AvgIpc) is 3.10. The van der Waals surface area contributed by atoms with Crippen molar-refractivity contribution in [3.63, 3.8) is 0 Å². The number of thiophene rings is 1. The molecule has 1 aliphatic rings. The van der Waals surface area contributed by atoms with Crippen LogP contribution in [0.1, 0.15) is 41.0 Å². The lowest BCUT2D eigenvalue weighted by atomic mass is 10.0. The van der Waals surface area contributed by atoms with E-state index >= 15 is 0 Å². The summed E-state index contributed by atoms with van der Waals surface area (Å²) in [6.07, 6.45) is 4.07. The molecule has 4 rings (SSSR count). The predicted molar refractivity (Wildman–Crippen MR) is 107 cm³/mol. The molecule has 1 aliphatic heterocycles. The summed E-state index contributed by atoms with van der Waals surface area (Å²) in [7, 11) is 0. The minimum absolute atomic E-state index is 0. The first-order valence-corrected chi connectivity index (χ1v) is 9.40. The van der Waals surface area contributed by atoms with E-state index in [-0.39, 0.29) is 12.4 Å². The Kier molecular flexibility index (Phi) is 5.74. The largest absolute Gasteiger partial charge is 0.478 e. The number of carboxylic acids is 1. The van der Waals surface area contributed by atoms with Crippen LogP contribution in [-0.4, -0.2) is 34.1 Å². The normalized spacial score (nSPS) is 14.2. The SMILES string of the molecule is Cl.O=C(O)c1ccccc1Cc1nc(N2CCCCC2)c2sccc2n1. The Morgan fingerprint density at radius 3 is 2.65 bits per heavy atom. The molecule has 7 heteroatoms. The molecule has 0 atom stereocenters. The molecule has 0 radical (unpaired) electrons. The summed E-state index contributed by atoms with van der Waals surface area (Å²) < 4.78 is 1.12. The molecule has 1 N–H and O–H groups in total. The van der Waals surface area contributed by atoms with Crippen molar-refractivity contribution < 1.29 is 9.90 Å². The van der Waals surface area contributed by atoms with Crippen molar-refractivity contribution in [3.05, 3.63) is 52.7 Å². The molecule has 0 unspecified atom stereocenters. The second-order valence-electron chi connectivity index (χ2n) is 6.29. The number of rotatable bonds is 4. The minimum atomic E-state index is -0.913. The number of fused-ring (bicyclic) bond motifs is 1. The molecule has 1 saturated heterocycles. The molecule has 26 heavy (non-hydrogen) atoms. The van der Waals surface area contributed by atoms with Crippen molar-refractivity contribution in [1.82, 2.24) is 9.97 Å². The summed E-state index contributed by atoms with van der Waals surface area (Å²) in [6.45, 7) is 2.05. The first-order chi connectivity index (χ1) is 12.2. The first kappa shape index (κ1) is 18.6. The van der Waals surface area contributed by atoms with E-state index in [1.165, 1.54) is 19.3 Å². The van der Waals surface area contributed by atoms with Gasteiger partial charge in [-0.2, -0.15) is 0 Å². The maximum atomic E-state index is 11.4. The number of benzene rings is 1. The molecule has 0 bridgehead atoms. The number of aromatic nitrogens is 2. The van der Waals surface area contributed by atoms with Gasteiger partial charge in [0.25, 0.3) is 0 Å². The highest BCUT2D eigenvalue weighted by atomic mass is 35.5. The molecule has 5 nitrogen and oxygen atoms in total. The third-order valence-corrected chi connectivity index (χ3v) is 5.48. The summed E-state index contributed by atoms with van der Waals surface area (Å²) in [5, 5.41) is 11.4. The number of halogens is 1. The van der Waals surface area contributed by atoms with Gasteiger partial charge in [0.05, 0.1) is 15.8 Å². The van der Waals surface area contributed by atoms with E-state index in [1.807, 2.05) is 23.6 Å². The number of hydrogen-bond donors (Lipinski definition) is 1. The van der Waals surface area contributed by atoms with Crippen LogP contribution >= 0.6 is 23.7 Å². The smallest absolute Gasteiger partial charge is 0.335 e. The van der Waals surface area contributed by atoms with Crippen molar-refractivity contribution in [2.24, 2.45) is 0 Å². The molecular formula is C19H20ClN3O2S. The van der Waals surface area contributed by atoms with Crippen molar-refractivity contribution in [1.29, 1.82) is 0 Å². The highest BCUT2D eigenvalue weighted by molar-refractivity contribution is 7.17. The Labute approximate surface area is 162 Å². The minimum Gasteiger partial charge on any atom is -0.478 e. The van der Waals surface area contributed by atoms with Gasteiger partial charge < -0.3 is 10.0 Å². The number of carboxylic acid groups (broad SMARTS) is 1. The topological polar surface area (TPSA) is 66.3 Å². The molecule has 3 heterocycles. The molecule has 0 saturated carbocycles. The molecule has 1 fully saturated rings. The molecule has 0 amide bonds. The van der Waals surface area contributed by atoms with Gasteiger partial charge in [0.15, 0.2) is 0 Å². The zero-order valence-corrected chi connectivity index (χ0v) is 15.9. The summed E-state index contributed by atoms with van der Waals surface area (Å²) in [5.74, 6) is 0.770. The zero-order chi connectivity index (χ0) is 17.2. The molecule has 1 aromatic carbocycles. The van der Waals surface area contributed by atoms with E-state index in [1.54, 1.807) is 23.5 Å². The van der Waals surface area contributed by atoms with Crippen LogP contribution in [0.25, 0.3) is 10.2 Å². The molecule has 0 aliphatic carbocycles. The van der Waals surface area contributed by atoms with Crippen molar-refractivity contribution in [3.8, 4) is 0 Å². The van der Waals surface area contributed by atoms with Gasteiger partial charge in [-0.1, -0.05) is 18.2 Å². The van der Waals surface area contributed by atoms with E-state index in [9.17, 15) is 9.90 Å². The van der Waals surface area contributed by atoms with Gasteiger partial charge in [-0.15, -0.1) is 23.7 Å². The Hall–Kier alpha value is -2.18. The van der Waals surface area contributed by atoms with Crippen LogP contribution in [-0.2, 0) is 6.42 Å². The highest BCUT2D eigenvalue weighted by Gasteiger charge is 2.19. The maximum Gasteiger partial charge on any atom is 0.335 e. The Morgan fingerprint density at radius 2 is 1.88 bits per heavy atom. The van der Waals surface area contributed by atoms with E-state index in [0.29, 0.717) is 17.8 Å². The highest BCUT2D eigenvalue weighted by Crippen LogP contribution is 2.31. The Morgan fingerprint density at radius 1 is 1.12 bits per heavy atom. The number of anilines is 1. The lowest BCUT2D eigenvalue weighted by Gasteiger charge is -2.28. The number of carbonyl (C=O) groups is 1. The molecule has 3 aromatic rings.